The van der Waals surface area contributed by atoms with Gasteiger partial charge in [0.2, 0.25) is 0 Å². The van der Waals surface area contributed by atoms with Crippen LogP contribution in [0, 0.1) is 0 Å². The summed E-state index contributed by atoms with van der Waals surface area (Å²) in [6.45, 7) is 3.10. The maximum atomic E-state index is 5.02. The highest BCUT2D eigenvalue weighted by atomic mass is 79.9. The van der Waals surface area contributed by atoms with Crippen LogP contribution in [0.25, 0.3) is 0 Å². The van der Waals surface area contributed by atoms with Crippen LogP contribution in [0.3, 0.4) is 0 Å². The van der Waals surface area contributed by atoms with Crippen LogP contribution in [0.2, 0.25) is 0 Å². The lowest BCUT2D eigenvalue weighted by atomic mass is 10.1. The molecule has 0 saturated heterocycles. The second kappa shape index (κ2) is 9.47. The first-order chi connectivity index (χ1) is 6.22. The zero-order chi connectivity index (χ0) is 10.1. The molecule has 0 N–H and O–H groups in total. The average molecular weight is 316 g/mol. The van der Waals surface area contributed by atoms with Crippen molar-refractivity contribution in [1.82, 2.24) is 0 Å². The predicted octanol–water partition coefficient (Wildman–Crippen LogP) is 4.13. The van der Waals surface area contributed by atoms with Gasteiger partial charge in [0.25, 0.3) is 0 Å². The lowest BCUT2D eigenvalue weighted by molar-refractivity contribution is 0.192. The highest BCUT2D eigenvalue weighted by molar-refractivity contribution is 9.12. The molecule has 13 heavy (non-hydrogen) atoms. The maximum absolute atomic E-state index is 5.02. The SMILES string of the molecule is CCCCC(Br)C(Br)CCCOC. The van der Waals surface area contributed by atoms with Gasteiger partial charge in [-0.25, -0.2) is 0 Å². The second-order valence-electron chi connectivity index (χ2n) is 3.31. The number of alkyl halides is 2. The van der Waals surface area contributed by atoms with E-state index in [-0.39, 0.29) is 0 Å². The number of methoxy groups -OCH3 is 1. The summed E-state index contributed by atoms with van der Waals surface area (Å²) in [5.74, 6) is 0. The molecule has 0 rings (SSSR count). The summed E-state index contributed by atoms with van der Waals surface area (Å²) in [6, 6.07) is 0. The minimum Gasteiger partial charge on any atom is -0.385 e. The molecule has 0 heterocycles. The van der Waals surface area contributed by atoms with Gasteiger partial charge in [-0.1, -0.05) is 51.6 Å². The van der Waals surface area contributed by atoms with E-state index in [1.165, 1.54) is 25.7 Å². The Morgan fingerprint density at radius 3 is 2.08 bits per heavy atom. The zero-order valence-corrected chi connectivity index (χ0v) is 11.7. The lowest BCUT2D eigenvalue weighted by Crippen LogP contribution is -2.14. The monoisotopic (exact) mass is 314 g/mol. The first-order valence-electron chi connectivity index (χ1n) is 4.99. The summed E-state index contributed by atoms with van der Waals surface area (Å²) in [5, 5.41) is 0. The molecule has 0 aliphatic carbocycles. The van der Waals surface area contributed by atoms with Gasteiger partial charge in [-0.15, -0.1) is 0 Å². The number of halogens is 2. The van der Waals surface area contributed by atoms with Crippen molar-refractivity contribution < 1.29 is 4.74 Å². The van der Waals surface area contributed by atoms with E-state index < -0.39 is 0 Å². The van der Waals surface area contributed by atoms with Crippen LogP contribution in [0.15, 0.2) is 0 Å². The molecular formula is C10H20Br2O. The quantitative estimate of drug-likeness (QED) is 0.483. The first-order valence-corrected chi connectivity index (χ1v) is 6.82. The smallest absolute Gasteiger partial charge is 0.0462 e. The van der Waals surface area contributed by atoms with Crippen LogP contribution < -0.4 is 0 Å². The number of unbranched alkanes of at least 4 members (excludes halogenated alkanes) is 1. The Morgan fingerprint density at radius 1 is 1.08 bits per heavy atom. The van der Waals surface area contributed by atoms with Gasteiger partial charge >= 0.3 is 0 Å². The van der Waals surface area contributed by atoms with E-state index in [2.05, 4.69) is 38.8 Å². The highest BCUT2D eigenvalue weighted by Gasteiger charge is 2.14. The van der Waals surface area contributed by atoms with Crippen molar-refractivity contribution in [3.8, 4) is 0 Å². The molecule has 80 valence electrons. The summed E-state index contributed by atoms with van der Waals surface area (Å²) in [5.41, 5.74) is 0. The fourth-order valence-corrected chi connectivity index (χ4v) is 2.36. The van der Waals surface area contributed by atoms with E-state index in [4.69, 9.17) is 4.74 Å². The number of rotatable bonds is 8. The first kappa shape index (κ1) is 13.9. The molecule has 0 fully saturated rings. The van der Waals surface area contributed by atoms with Crippen molar-refractivity contribution in [1.29, 1.82) is 0 Å². The molecule has 3 heteroatoms. The van der Waals surface area contributed by atoms with Crippen LogP contribution in [-0.4, -0.2) is 23.4 Å². The summed E-state index contributed by atoms with van der Waals surface area (Å²) in [7, 11) is 1.76. The summed E-state index contributed by atoms with van der Waals surface area (Å²) < 4.78 is 5.02. The molecular weight excluding hydrogens is 296 g/mol. The summed E-state index contributed by atoms with van der Waals surface area (Å²) >= 11 is 7.41. The molecule has 0 aromatic rings. The molecule has 0 bridgehead atoms. The minimum absolute atomic E-state index is 0.592. The fourth-order valence-electron chi connectivity index (χ4n) is 1.18. The van der Waals surface area contributed by atoms with E-state index in [1.54, 1.807) is 7.11 Å². The standard InChI is InChI=1S/C10H20Br2O/c1-3-4-6-9(11)10(12)7-5-8-13-2/h9-10H,3-8H2,1-2H3. The van der Waals surface area contributed by atoms with Crippen LogP contribution in [0.1, 0.15) is 39.0 Å². The molecule has 2 atom stereocenters. The number of ether oxygens (including phenoxy) is 1. The third-order valence-corrected chi connectivity index (χ3v) is 4.96. The predicted molar refractivity (Wildman–Crippen MR) is 66.1 cm³/mol. The molecule has 0 spiro atoms. The molecule has 0 radical (unpaired) electrons. The molecule has 0 aliphatic rings. The molecule has 0 aromatic heterocycles. The van der Waals surface area contributed by atoms with Crippen LogP contribution in [0.5, 0.6) is 0 Å². The molecule has 0 saturated carbocycles. The van der Waals surface area contributed by atoms with E-state index in [1.807, 2.05) is 0 Å². The van der Waals surface area contributed by atoms with Gasteiger partial charge < -0.3 is 4.74 Å². The van der Waals surface area contributed by atoms with Crippen LogP contribution >= 0.6 is 31.9 Å². The van der Waals surface area contributed by atoms with E-state index in [0.29, 0.717) is 9.65 Å². The molecule has 0 aliphatic heterocycles. The van der Waals surface area contributed by atoms with Gasteiger partial charge in [0.1, 0.15) is 0 Å². The maximum Gasteiger partial charge on any atom is 0.0462 e. The third kappa shape index (κ3) is 7.95. The van der Waals surface area contributed by atoms with Crippen molar-refractivity contribution in [3.63, 3.8) is 0 Å². The van der Waals surface area contributed by atoms with Crippen molar-refractivity contribution >= 4 is 31.9 Å². The average Bonchev–Trinajstić information content (AvgIpc) is 2.14. The van der Waals surface area contributed by atoms with Gasteiger partial charge in [-0.05, 0) is 19.3 Å². The molecule has 0 aromatic carbocycles. The van der Waals surface area contributed by atoms with Crippen LogP contribution in [-0.2, 0) is 4.74 Å². The van der Waals surface area contributed by atoms with Crippen molar-refractivity contribution in [2.24, 2.45) is 0 Å². The van der Waals surface area contributed by atoms with E-state index in [9.17, 15) is 0 Å². The fraction of sp³-hybridized carbons (Fsp3) is 1.00. The van der Waals surface area contributed by atoms with Crippen LogP contribution in [0.4, 0.5) is 0 Å². The number of hydrogen-bond donors (Lipinski definition) is 0. The van der Waals surface area contributed by atoms with Gasteiger partial charge in [-0.3, -0.25) is 0 Å². The number of hydrogen-bond acceptors (Lipinski definition) is 1. The van der Waals surface area contributed by atoms with E-state index >= 15 is 0 Å². The van der Waals surface area contributed by atoms with Crippen molar-refractivity contribution in [2.45, 2.75) is 48.7 Å². The van der Waals surface area contributed by atoms with Gasteiger partial charge in [0.05, 0.1) is 0 Å². The second-order valence-corrected chi connectivity index (χ2v) is 5.66. The zero-order valence-electron chi connectivity index (χ0n) is 8.56. The largest absolute Gasteiger partial charge is 0.385 e. The molecule has 2 unspecified atom stereocenters. The Kier molecular flexibility index (Phi) is 10.1. The Labute approximate surface area is 98.9 Å². The third-order valence-electron chi connectivity index (χ3n) is 2.05. The Morgan fingerprint density at radius 2 is 1.62 bits per heavy atom. The Balaban J connectivity index is 3.38. The normalized spacial score (nSPS) is 15.7. The van der Waals surface area contributed by atoms with Gasteiger partial charge in [0, 0.05) is 23.4 Å². The Hall–Kier alpha value is 0.920. The van der Waals surface area contributed by atoms with E-state index in [0.717, 1.165) is 13.0 Å². The minimum atomic E-state index is 0.592. The summed E-state index contributed by atoms with van der Waals surface area (Å²) in [4.78, 5) is 1.21. The lowest BCUT2D eigenvalue weighted by Gasteiger charge is -2.15. The van der Waals surface area contributed by atoms with Gasteiger partial charge in [-0.2, -0.15) is 0 Å². The summed E-state index contributed by atoms with van der Waals surface area (Å²) in [6.07, 6.45) is 6.18. The van der Waals surface area contributed by atoms with Crippen molar-refractivity contribution in [3.05, 3.63) is 0 Å². The van der Waals surface area contributed by atoms with Crippen molar-refractivity contribution in [2.75, 3.05) is 13.7 Å². The Bertz CT molecular complexity index is 109. The highest BCUT2D eigenvalue weighted by Crippen LogP contribution is 2.23. The topological polar surface area (TPSA) is 9.23 Å². The molecule has 1 nitrogen and oxygen atoms in total. The van der Waals surface area contributed by atoms with Gasteiger partial charge in [0.15, 0.2) is 0 Å². The molecule has 0 amide bonds.